The Bertz CT molecular complexity index is 1670. The number of nitriles is 2. The molecule has 4 aromatic heterocycles. The Morgan fingerprint density at radius 3 is 1.05 bits per heavy atom. The van der Waals surface area contributed by atoms with Gasteiger partial charge in [0.2, 0.25) is 0 Å². The average molecular weight is 576 g/mol. The van der Waals surface area contributed by atoms with E-state index in [4.69, 9.17) is 31.3 Å². The summed E-state index contributed by atoms with van der Waals surface area (Å²) in [5.74, 6) is 1.40. The van der Waals surface area contributed by atoms with Gasteiger partial charge in [0.1, 0.15) is 17.7 Å². The third-order valence-electron chi connectivity index (χ3n) is 5.02. The fourth-order valence-corrected chi connectivity index (χ4v) is 3.43. The minimum Gasteiger partial charge on any atom is -0.762 e. The molecule has 0 saturated heterocycles. The Labute approximate surface area is 237 Å². The normalized spacial score (nSPS) is 9.05. The van der Waals surface area contributed by atoms with Crippen LogP contribution in [0.1, 0.15) is 0 Å². The molecule has 0 saturated carbocycles. The van der Waals surface area contributed by atoms with Crippen LogP contribution in [0.4, 0.5) is 0 Å². The van der Waals surface area contributed by atoms with Gasteiger partial charge in [-0.05, 0) is 24.3 Å². The standard InChI is InChI=1S/2C12H8N2.C4N3.Cu.NO3/c2*1-3-9-5-6-10-4-2-8-14-12(10)11(9)13-7-1;5-1-4(2-6)3-7;;2-1(3)4/h2*1-8H;;;/q;;-1;+2;-1. The van der Waals surface area contributed by atoms with Crippen molar-refractivity contribution in [2.45, 2.75) is 0 Å². The van der Waals surface area contributed by atoms with Gasteiger partial charge in [0.05, 0.1) is 27.2 Å². The zero-order chi connectivity index (χ0) is 28.0. The molecule has 4 heterocycles. The molecule has 6 aromatic rings. The van der Waals surface area contributed by atoms with Gasteiger partial charge in [-0.15, -0.1) is 0 Å². The minimum atomic E-state index is -1.75. The van der Waals surface area contributed by atoms with Gasteiger partial charge in [-0.25, -0.2) is 5.87 Å². The Balaban J connectivity index is 0.000000204. The van der Waals surface area contributed by atoms with Gasteiger partial charge >= 0.3 is 17.1 Å². The number of aromatic nitrogens is 4. The van der Waals surface area contributed by atoms with Crippen molar-refractivity contribution in [1.82, 2.24) is 19.9 Å². The molecule has 6 rings (SSSR count). The summed E-state index contributed by atoms with van der Waals surface area (Å²) < 4.78 is 0. The molecule has 0 fully saturated rings. The van der Waals surface area contributed by atoms with Gasteiger partial charge in [0.25, 0.3) is 0 Å². The maximum Gasteiger partial charge on any atom is 2.00 e. The van der Waals surface area contributed by atoms with E-state index in [0.717, 1.165) is 43.6 Å². The predicted octanol–water partition coefficient (Wildman–Crippen LogP) is 5.52. The molecule has 0 spiro atoms. The van der Waals surface area contributed by atoms with Crippen LogP contribution >= 0.6 is 0 Å². The molecule has 2 aromatic carbocycles. The zero-order valence-corrected chi connectivity index (χ0v) is 21.3. The first-order chi connectivity index (χ1) is 19.0. The summed E-state index contributed by atoms with van der Waals surface area (Å²) in [7, 11) is 0. The Hall–Kier alpha value is -5.77. The molecule has 12 heteroatoms. The summed E-state index contributed by atoms with van der Waals surface area (Å²) in [5, 5.41) is 42.7. The van der Waals surface area contributed by atoms with Crippen LogP contribution in [0.15, 0.2) is 103 Å². The molecule has 0 unspecified atom stereocenters. The van der Waals surface area contributed by atoms with E-state index >= 15 is 0 Å². The fourth-order valence-electron chi connectivity index (χ4n) is 3.43. The first kappa shape index (κ1) is 30.5. The molecule has 197 valence electrons. The molecule has 0 aliphatic rings. The van der Waals surface area contributed by atoms with Crippen LogP contribution in [-0.2, 0) is 17.1 Å². The minimum absolute atomic E-state index is 0. The zero-order valence-electron chi connectivity index (χ0n) is 20.3. The number of allylic oxidation sites excluding steroid dienone is 1. The van der Waals surface area contributed by atoms with Gasteiger partial charge < -0.3 is 20.7 Å². The Morgan fingerprint density at radius 2 is 0.875 bits per heavy atom. The topological polar surface area (TPSA) is 188 Å². The molecule has 40 heavy (non-hydrogen) atoms. The summed E-state index contributed by atoms with van der Waals surface area (Å²) in [5.41, 5.74) is 3.51. The second-order valence-electron chi connectivity index (χ2n) is 7.37. The van der Waals surface area contributed by atoms with E-state index in [1.165, 1.54) is 18.0 Å². The van der Waals surface area contributed by atoms with Gasteiger partial charge in [-0.3, -0.25) is 19.9 Å². The molecule has 1 radical (unpaired) electrons. The first-order valence-electron chi connectivity index (χ1n) is 11.0. The van der Waals surface area contributed by atoms with E-state index in [2.05, 4.69) is 68.5 Å². The van der Waals surface area contributed by atoms with Crippen molar-refractivity contribution in [3.05, 3.63) is 124 Å². The van der Waals surface area contributed by atoms with E-state index in [9.17, 15) is 0 Å². The van der Waals surface area contributed by atoms with Crippen LogP contribution in [0.3, 0.4) is 0 Å². The number of pyridine rings is 4. The maximum atomic E-state index is 8.25. The summed E-state index contributed by atoms with van der Waals surface area (Å²) in [6.07, 6.45) is 7.21. The average Bonchev–Trinajstić information content (AvgIpc) is 2.98. The summed E-state index contributed by atoms with van der Waals surface area (Å²) in [6.45, 7) is 0. The van der Waals surface area contributed by atoms with Crippen molar-refractivity contribution in [2.75, 3.05) is 0 Å². The quantitative estimate of drug-likeness (QED) is 0.0560. The van der Waals surface area contributed by atoms with Crippen LogP contribution in [0, 0.1) is 38.0 Å². The Morgan fingerprint density at radius 1 is 0.625 bits per heavy atom. The second kappa shape index (κ2) is 15.5. The molecule has 11 nitrogen and oxygen atoms in total. The van der Waals surface area contributed by atoms with Crippen molar-refractivity contribution in [3.8, 4) is 12.1 Å². The maximum absolute atomic E-state index is 8.25. The summed E-state index contributed by atoms with van der Waals surface area (Å²) in [6, 6.07) is 27.1. The van der Waals surface area contributed by atoms with Crippen molar-refractivity contribution < 1.29 is 22.2 Å². The number of nitrogens with zero attached hydrogens (tertiary/aromatic N) is 8. The van der Waals surface area contributed by atoms with Gasteiger partial charge in [0, 0.05) is 46.3 Å². The smallest absolute Gasteiger partial charge is 0.762 e. The van der Waals surface area contributed by atoms with Crippen molar-refractivity contribution in [3.63, 3.8) is 0 Å². The van der Waals surface area contributed by atoms with Gasteiger partial charge in [-0.1, -0.05) is 48.5 Å². The molecule has 0 amide bonds. The number of rotatable bonds is 0. The van der Waals surface area contributed by atoms with Crippen LogP contribution in [0.25, 0.3) is 49.0 Å². The Kier molecular flexibility index (Phi) is 11.8. The van der Waals surface area contributed by atoms with Crippen molar-refractivity contribution >= 4 is 49.5 Å². The van der Waals surface area contributed by atoms with Crippen LogP contribution < -0.4 is 0 Å². The first-order valence-corrected chi connectivity index (χ1v) is 11.0. The third kappa shape index (κ3) is 8.12. The van der Waals surface area contributed by atoms with E-state index in [1.807, 2.05) is 24.3 Å². The molecule has 0 bridgehead atoms. The van der Waals surface area contributed by atoms with E-state index < -0.39 is 10.7 Å². The molecule has 0 aliphatic carbocycles. The van der Waals surface area contributed by atoms with Crippen LogP contribution in [0.2, 0.25) is 0 Å². The number of hydrogen-bond donors (Lipinski definition) is 0. The summed E-state index contributed by atoms with van der Waals surface area (Å²) in [4.78, 5) is 25.6. The van der Waals surface area contributed by atoms with Crippen molar-refractivity contribution in [1.29, 1.82) is 10.5 Å². The predicted molar refractivity (Wildman–Crippen MR) is 148 cm³/mol. The molecule has 0 N–H and O–H groups in total. The van der Waals surface area contributed by atoms with E-state index in [0.29, 0.717) is 0 Å². The number of fused-ring (bicyclic) bond motifs is 6. The van der Waals surface area contributed by atoms with Crippen LogP contribution in [0.5, 0.6) is 0 Å². The third-order valence-corrected chi connectivity index (χ3v) is 5.02. The monoisotopic (exact) mass is 575 g/mol. The van der Waals surface area contributed by atoms with E-state index in [-0.39, 0.29) is 17.1 Å². The van der Waals surface area contributed by atoms with Gasteiger partial charge in [0.15, 0.2) is 0 Å². The van der Waals surface area contributed by atoms with Gasteiger partial charge in [-0.2, -0.15) is 10.5 Å². The van der Waals surface area contributed by atoms with Crippen LogP contribution in [-0.4, -0.2) is 30.9 Å². The summed E-state index contributed by atoms with van der Waals surface area (Å²) >= 11 is 0. The molecular formula is C28H16CuN8O3. The fraction of sp³-hybridized carbons (Fsp3) is 0. The van der Waals surface area contributed by atoms with E-state index in [1.54, 1.807) is 24.8 Å². The molecule has 0 atom stereocenters. The number of benzene rings is 2. The second-order valence-corrected chi connectivity index (χ2v) is 7.37. The molecular weight excluding hydrogens is 560 g/mol. The SMILES string of the molecule is N#CC(=C=[N-])C#N.O=[N+]([O-])[O-].[Cu+2].c1cnc2c(c1)ccc1cccnc12.c1cnc2c(c1)ccc1cccnc12. The number of hydrogen-bond acceptors (Lipinski definition) is 9. The van der Waals surface area contributed by atoms with Crippen molar-refractivity contribution in [2.24, 2.45) is 0 Å². The largest absolute Gasteiger partial charge is 2.00 e. The molecule has 0 aliphatic heterocycles.